The highest BCUT2D eigenvalue weighted by atomic mass is 32.2. The molecule has 0 saturated carbocycles. The highest BCUT2D eigenvalue weighted by Gasteiger charge is 2.60. The number of likely N-dealkylation sites (N-methyl/N-ethyl adjacent to an activating group) is 1. The number of aliphatic carboxylic acids is 1. The maximum atomic E-state index is 12.5. The highest BCUT2D eigenvalue weighted by molar-refractivity contribution is 8.03. The summed E-state index contributed by atoms with van der Waals surface area (Å²) in [5.74, 6) is -2.04. The number of hydrogen-bond acceptors (Lipinski definition) is 6. The number of carbonyl (C=O) groups excluding carboxylic acids is 2. The van der Waals surface area contributed by atoms with E-state index in [4.69, 9.17) is 0 Å². The van der Waals surface area contributed by atoms with Crippen molar-refractivity contribution < 1.29 is 24.6 Å². The van der Waals surface area contributed by atoms with E-state index >= 15 is 0 Å². The maximum absolute atomic E-state index is 12.5. The van der Waals surface area contributed by atoms with Crippen LogP contribution in [0.15, 0.2) is 10.6 Å². The van der Waals surface area contributed by atoms with Gasteiger partial charge in [0.1, 0.15) is 5.70 Å². The fraction of sp³-hybridized carbons (Fsp3) is 0.737. The first-order valence-corrected chi connectivity index (χ1v) is 11.0. The number of carbonyl (C=O) groups is 3. The van der Waals surface area contributed by atoms with Crippen LogP contribution in [-0.2, 0) is 9.59 Å². The van der Waals surface area contributed by atoms with Crippen LogP contribution in [0.25, 0.3) is 0 Å². The van der Waals surface area contributed by atoms with Crippen molar-refractivity contribution in [3.05, 3.63) is 10.6 Å². The molecule has 3 N–H and O–H groups in total. The van der Waals surface area contributed by atoms with Crippen LogP contribution in [-0.4, -0.2) is 99.5 Å². The molecule has 160 valence electrons. The zero-order valence-corrected chi connectivity index (χ0v) is 17.7. The number of likely N-dealkylation sites (tertiary alicyclic amines) is 1. The van der Waals surface area contributed by atoms with E-state index in [9.17, 15) is 24.6 Å². The van der Waals surface area contributed by atoms with Gasteiger partial charge < -0.3 is 30.2 Å². The molecule has 0 aromatic rings. The Labute approximate surface area is 174 Å². The normalized spacial score (nSPS) is 35.8. The molecule has 4 aliphatic heterocycles. The van der Waals surface area contributed by atoms with Crippen LogP contribution in [0.4, 0.5) is 4.79 Å². The zero-order chi connectivity index (χ0) is 21.0. The third-order valence-electron chi connectivity index (χ3n) is 6.63. The van der Waals surface area contributed by atoms with Crippen molar-refractivity contribution in [1.82, 2.24) is 20.0 Å². The van der Waals surface area contributed by atoms with E-state index < -0.39 is 18.0 Å². The number of amides is 3. The summed E-state index contributed by atoms with van der Waals surface area (Å²) in [6, 6.07) is -0.0769. The molecule has 0 aromatic heterocycles. The number of thioether (sulfide) groups is 1. The number of carboxylic acid groups (broad SMARTS) is 1. The van der Waals surface area contributed by atoms with Gasteiger partial charge in [0.2, 0.25) is 5.91 Å². The number of fused-ring (bicyclic) bond motifs is 1. The van der Waals surface area contributed by atoms with Crippen molar-refractivity contribution >= 4 is 29.7 Å². The molecule has 6 atom stereocenters. The number of aliphatic hydroxyl groups excluding tert-OH is 1. The third-order valence-corrected chi connectivity index (χ3v) is 8.12. The first-order chi connectivity index (χ1) is 13.7. The van der Waals surface area contributed by atoms with Crippen LogP contribution in [0, 0.1) is 11.8 Å². The van der Waals surface area contributed by atoms with Gasteiger partial charge in [-0.15, -0.1) is 11.8 Å². The monoisotopic (exact) mass is 424 g/mol. The standard InChI is InChI=1S/C19H28N4O5S/c1-9-14-13(10(2)24)17(25)23(14)15(18(26)27)16(9)29-12-6-11(21(3)8-12)7-22-5-4-20-19(22)28/h9-14,24H,4-8H2,1-3H3,(H,20,28)(H,26,27)/t9-,10-,11+,12+,13-,14-/m1/s1. The van der Waals surface area contributed by atoms with Gasteiger partial charge in [-0.3, -0.25) is 4.79 Å². The van der Waals surface area contributed by atoms with E-state index in [0.717, 1.165) is 17.9 Å². The molecule has 0 aliphatic carbocycles. The van der Waals surface area contributed by atoms with Crippen LogP contribution in [0.5, 0.6) is 0 Å². The number of nitrogens with zero attached hydrogens (tertiary/aromatic N) is 3. The van der Waals surface area contributed by atoms with Gasteiger partial charge in [0, 0.05) is 48.3 Å². The zero-order valence-electron chi connectivity index (χ0n) is 16.9. The van der Waals surface area contributed by atoms with Crippen molar-refractivity contribution in [2.45, 2.75) is 43.7 Å². The highest BCUT2D eigenvalue weighted by Crippen LogP contribution is 2.52. The summed E-state index contributed by atoms with van der Waals surface area (Å²) >= 11 is 1.55. The van der Waals surface area contributed by atoms with Gasteiger partial charge in [-0.05, 0) is 20.4 Å². The number of urea groups is 1. The lowest BCUT2D eigenvalue weighted by molar-refractivity contribution is -0.163. The Morgan fingerprint density at radius 3 is 2.69 bits per heavy atom. The van der Waals surface area contributed by atoms with Crippen molar-refractivity contribution in [3.63, 3.8) is 0 Å². The lowest BCUT2D eigenvalue weighted by Crippen LogP contribution is -2.63. The van der Waals surface area contributed by atoms with Crippen molar-refractivity contribution in [3.8, 4) is 0 Å². The molecule has 4 rings (SSSR count). The molecule has 0 bridgehead atoms. The van der Waals surface area contributed by atoms with Crippen LogP contribution in [0.1, 0.15) is 20.3 Å². The summed E-state index contributed by atoms with van der Waals surface area (Å²) in [5.41, 5.74) is 0.0828. The molecule has 4 heterocycles. The number of nitrogens with one attached hydrogen (secondary N) is 1. The first kappa shape index (κ1) is 20.5. The summed E-state index contributed by atoms with van der Waals surface area (Å²) in [4.78, 5) is 42.4. The average molecular weight is 425 g/mol. The van der Waals surface area contributed by atoms with E-state index in [1.807, 2.05) is 18.9 Å². The Morgan fingerprint density at radius 2 is 2.10 bits per heavy atom. The number of β-lactam (4-membered cyclic amide) rings is 1. The molecular weight excluding hydrogens is 396 g/mol. The topological polar surface area (TPSA) is 113 Å². The first-order valence-electron chi connectivity index (χ1n) is 10.1. The molecule has 3 saturated heterocycles. The Bertz CT molecular complexity index is 772. The van der Waals surface area contributed by atoms with Gasteiger partial charge in [-0.25, -0.2) is 9.59 Å². The lowest BCUT2D eigenvalue weighted by Gasteiger charge is -2.46. The fourth-order valence-electron chi connectivity index (χ4n) is 5.13. The van der Waals surface area contributed by atoms with Crippen LogP contribution < -0.4 is 5.32 Å². The molecule has 0 unspecified atom stereocenters. The molecule has 29 heavy (non-hydrogen) atoms. The molecule has 3 fully saturated rings. The quantitative estimate of drug-likeness (QED) is 0.513. The smallest absolute Gasteiger partial charge is 0.353 e. The van der Waals surface area contributed by atoms with Crippen molar-refractivity contribution in [2.24, 2.45) is 11.8 Å². The number of hydrogen-bond donors (Lipinski definition) is 3. The van der Waals surface area contributed by atoms with Crippen molar-refractivity contribution in [2.75, 3.05) is 33.2 Å². The second kappa shape index (κ2) is 7.48. The molecule has 0 radical (unpaired) electrons. The van der Waals surface area contributed by atoms with Gasteiger partial charge in [-0.1, -0.05) is 6.92 Å². The predicted octanol–water partition coefficient (Wildman–Crippen LogP) is -0.0288. The van der Waals surface area contributed by atoms with Crippen molar-refractivity contribution in [1.29, 1.82) is 0 Å². The fourth-order valence-corrected chi connectivity index (χ4v) is 6.76. The van der Waals surface area contributed by atoms with E-state index in [2.05, 4.69) is 10.2 Å². The molecule has 0 spiro atoms. The largest absolute Gasteiger partial charge is 0.477 e. The number of carboxylic acids is 1. The predicted molar refractivity (Wildman–Crippen MR) is 107 cm³/mol. The van der Waals surface area contributed by atoms with Crippen LogP contribution in [0.2, 0.25) is 0 Å². The SMILES string of the molecule is C[C@@H](O)[C@H]1C(=O)N2C(C(=O)O)=C(S[C@H]3C[C@@H](CN4CCNC4=O)N(C)C3)[C@H](C)[C@H]12. The van der Waals surface area contributed by atoms with Gasteiger partial charge in [0.15, 0.2) is 0 Å². The second-order valence-electron chi connectivity index (χ2n) is 8.52. The lowest BCUT2D eigenvalue weighted by atomic mass is 9.79. The van der Waals surface area contributed by atoms with E-state index in [-0.39, 0.29) is 40.9 Å². The minimum absolute atomic E-state index is 0.0261. The van der Waals surface area contributed by atoms with Gasteiger partial charge in [0.25, 0.3) is 0 Å². The summed E-state index contributed by atoms with van der Waals surface area (Å²) in [6.45, 7) is 6.39. The summed E-state index contributed by atoms with van der Waals surface area (Å²) < 4.78 is 0. The summed E-state index contributed by atoms with van der Waals surface area (Å²) in [7, 11) is 2.03. The summed E-state index contributed by atoms with van der Waals surface area (Å²) in [5, 5.41) is 22.8. The Balaban J connectivity index is 1.48. The average Bonchev–Trinajstić information content (AvgIpc) is 3.26. The molecule has 10 heteroatoms. The minimum atomic E-state index is -1.09. The van der Waals surface area contributed by atoms with E-state index in [0.29, 0.717) is 19.6 Å². The van der Waals surface area contributed by atoms with Crippen LogP contribution in [0.3, 0.4) is 0 Å². The Hall–Kier alpha value is -1.78. The second-order valence-corrected chi connectivity index (χ2v) is 9.86. The van der Waals surface area contributed by atoms with Crippen LogP contribution >= 0.6 is 11.8 Å². The summed E-state index contributed by atoms with van der Waals surface area (Å²) in [6.07, 6.45) is 0.0613. The number of rotatable bonds is 6. The minimum Gasteiger partial charge on any atom is -0.477 e. The molecule has 9 nitrogen and oxygen atoms in total. The number of aliphatic hydroxyl groups is 1. The van der Waals surface area contributed by atoms with E-state index in [1.54, 1.807) is 18.7 Å². The third kappa shape index (κ3) is 3.30. The molecule has 4 aliphatic rings. The maximum Gasteiger partial charge on any atom is 0.353 e. The molecule has 0 aromatic carbocycles. The van der Waals surface area contributed by atoms with E-state index in [1.165, 1.54) is 4.90 Å². The van der Waals surface area contributed by atoms with Gasteiger partial charge in [0.05, 0.1) is 18.1 Å². The Morgan fingerprint density at radius 1 is 1.38 bits per heavy atom. The molecule has 3 amide bonds. The van der Waals surface area contributed by atoms with Gasteiger partial charge >= 0.3 is 12.0 Å². The van der Waals surface area contributed by atoms with Gasteiger partial charge in [-0.2, -0.15) is 0 Å². The molecular formula is C19H28N4O5S. The Kier molecular flexibility index (Phi) is 5.28.